The number of β-amino-alcohol motifs (C(OH)–C–C–N with tert-alkyl or cyclic N) is 1. The van der Waals surface area contributed by atoms with Crippen LogP contribution in [0.15, 0.2) is 48.5 Å². The molecule has 25 heavy (non-hydrogen) atoms. The third-order valence-corrected chi connectivity index (χ3v) is 4.59. The van der Waals surface area contributed by atoms with Crippen molar-refractivity contribution in [3.8, 4) is 22.5 Å². The van der Waals surface area contributed by atoms with Crippen LogP contribution in [0.2, 0.25) is 0 Å². The van der Waals surface area contributed by atoms with Crippen molar-refractivity contribution in [2.24, 2.45) is 0 Å². The summed E-state index contributed by atoms with van der Waals surface area (Å²) in [4.78, 5) is 9.72. The largest absolute Gasteiger partial charge is 0.385 e. The van der Waals surface area contributed by atoms with Crippen LogP contribution in [-0.2, 0) is 6.54 Å². The molecule has 1 unspecified atom stereocenters. The monoisotopic (exact) mass is 331 g/mol. The highest BCUT2D eigenvalue weighted by molar-refractivity contribution is 5.78. The molecule has 1 aliphatic heterocycles. The summed E-state index contributed by atoms with van der Waals surface area (Å²) in [5, 5.41) is 13.5. The van der Waals surface area contributed by atoms with Crippen LogP contribution in [0.4, 0.5) is 0 Å². The predicted molar refractivity (Wildman–Crippen MR) is 99.0 cm³/mol. The third-order valence-electron chi connectivity index (χ3n) is 4.59. The van der Waals surface area contributed by atoms with Gasteiger partial charge in [-0.2, -0.15) is 0 Å². The van der Waals surface area contributed by atoms with Gasteiger partial charge in [0, 0.05) is 24.2 Å². The molecule has 4 heteroatoms. The number of aryl methyl sites for hydroxylation is 2. The second kappa shape index (κ2) is 6.39. The van der Waals surface area contributed by atoms with Crippen molar-refractivity contribution >= 4 is 0 Å². The Bertz CT molecular complexity index is 902. The van der Waals surface area contributed by atoms with E-state index >= 15 is 0 Å². The van der Waals surface area contributed by atoms with Crippen LogP contribution in [0, 0.1) is 13.8 Å². The van der Waals surface area contributed by atoms with Crippen molar-refractivity contribution in [1.82, 2.24) is 15.3 Å². The fraction of sp³-hybridized carbons (Fsp3) is 0.238. The van der Waals surface area contributed by atoms with Gasteiger partial charge in [0.1, 0.15) is 6.10 Å². The van der Waals surface area contributed by atoms with E-state index in [1.54, 1.807) is 0 Å². The van der Waals surface area contributed by atoms with Gasteiger partial charge in [-0.25, -0.2) is 9.97 Å². The molecule has 2 N–H and O–H groups in total. The zero-order chi connectivity index (χ0) is 17.4. The summed E-state index contributed by atoms with van der Waals surface area (Å²) in [6.45, 7) is 5.29. The molecule has 3 aromatic rings. The maximum atomic E-state index is 10.3. The summed E-state index contributed by atoms with van der Waals surface area (Å²) >= 11 is 0. The van der Waals surface area contributed by atoms with E-state index in [0.29, 0.717) is 18.8 Å². The van der Waals surface area contributed by atoms with Crippen molar-refractivity contribution in [1.29, 1.82) is 0 Å². The van der Waals surface area contributed by atoms with E-state index in [0.717, 1.165) is 28.2 Å². The van der Waals surface area contributed by atoms with Crippen molar-refractivity contribution in [3.05, 3.63) is 71.0 Å². The van der Waals surface area contributed by atoms with Gasteiger partial charge >= 0.3 is 0 Å². The first-order valence-electron chi connectivity index (χ1n) is 8.55. The molecule has 1 atom stereocenters. The van der Waals surface area contributed by atoms with Crippen LogP contribution in [-0.4, -0.2) is 21.6 Å². The number of aromatic nitrogens is 2. The normalized spacial score (nSPS) is 16.5. The van der Waals surface area contributed by atoms with Crippen LogP contribution in [0.1, 0.15) is 28.6 Å². The number of rotatable bonds is 2. The number of aliphatic hydroxyl groups is 1. The lowest BCUT2D eigenvalue weighted by molar-refractivity contribution is 0.159. The fourth-order valence-corrected chi connectivity index (χ4v) is 3.13. The Hall–Kier alpha value is -2.56. The number of benzene rings is 2. The standard InChI is InChI=1S/C21H21N3O/c1-13-3-7-15(8-4-13)19-20(16-9-5-14(2)6-10-16)24-21-17(23-19)11-22-12-18(21)25/h3-10,18,22,25H,11-12H2,1-2H3. The van der Waals surface area contributed by atoms with E-state index in [1.165, 1.54) is 11.1 Å². The van der Waals surface area contributed by atoms with Crippen LogP contribution < -0.4 is 5.32 Å². The molecule has 0 spiro atoms. The number of hydrogen-bond donors (Lipinski definition) is 2. The zero-order valence-electron chi connectivity index (χ0n) is 14.5. The first kappa shape index (κ1) is 15.9. The van der Waals surface area contributed by atoms with Crippen molar-refractivity contribution in [2.45, 2.75) is 26.5 Å². The minimum absolute atomic E-state index is 0.513. The van der Waals surface area contributed by atoms with Gasteiger partial charge in [-0.1, -0.05) is 59.7 Å². The molecule has 1 aliphatic rings. The Morgan fingerprint density at radius 2 is 1.36 bits per heavy atom. The summed E-state index contributed by atoms with van der Waals surface area (Å²) in [5.41, 5.74) is 7.66. The Morgan fingerprint density at radius 1 is 0.840 bits per heavy atom. The van der Waals surface area contributed by atoms with E-state index in [1.807, 2.05) is 0 Å². The number of hydrogen-bond acceptors (Lipinski definition) is 4. The summed E-state index contributed by atoms with van der Waals surface area (Å²) in [7, 11) is 0. The van der Waals surface area contributed by atoms with Crippen LogP contribution in [0.25, 0.3) is 22.5 Å². The highest BCUT2D eigenvalue weighted by Gasteiger charge is 2.24. The fourth-order valence-electron chi connectivity index (χ4n) is 3.13. The van der Waals surface area contributed by atoms with Crippen molar-refractivity contribution in [2.75, 3.05) is 6.54 Å². The molecule has 0 fully saturated rings. The molecule has 0 bridgehead atoms. The molecule has 0 amide bonds. The molecule has 126 valence electrons. The quantitative estimate of drug-likeness (QED) is 0.754. The average Bonchev–Trinajstić information content (AvgIpc) is 2.63. The zero-order valence-corrected chi connectivity index (χ0v) is 14.5. The van der Waals surface area contributed by atoms with Gasteiger partial charge < -0.3 is 10.4 Å². The number of nitrogens with one attached hydrogen (secondary N) is 1. The lowest BCUT2D eigenvalue weighted by Crippen LogP contribution is -2.30. The first-order chi connectivity index (χ1) is 12.1. The maximum absolute atomic E-state index is 10.3. The summed E-state index contributed by atoms with van der Waals surface area (Å²) in [6, 6.07) is 16.6. The van der Waals surface area contributed by atoms with Gasteiger partial charge in [-0.3, -0.25) is 0 Å². The molecule has 2 aromatic carbocycles. The molecular weight excluding hydrogens is 310 g/mol. The molecule has 4 rings (SSSR count). The number of nitrogens with zero attached hydrogens (tertiary/aromatic N) is 2. The topological polar surface area (TPSA) is 58.0 Å². The Labute approximate surface area is 147 Å². The molecule has 1 aromatic heterocycles. The van der Waals surface area contributed by atoms with Gasteiger partial charge in [0.25, 0.3) is 0 Å². The highest BCUT2D eigenvalue weighted by atomic mass is 16.3. The second-order valence-corrected chi connectivity index (χ2v) is 6.63. The predicted octanol–water partition coefficient (Wildman–Crippen LogP) is 3.56. The highest BCUT2D eigenvalue weighted by Crippen LogP contribution is 2.32. The SMILES string of the molecule is Cc1ccc(-c2nc3c(nc2-c2ccc(C)cc2)C(O)CNC3)cc1. The van der Waals surface area contributed by atoms with E-state index in [2.05, 4.69) is 67.7 Å². The van der Waals surface area contributed by atoms with Gasteiger partial charge in [0.05, 0.1) is 22.8 Å². The Balaban J connectivity index is 1.94. The van der Waals surface area contributed by atoms with Gasteiger partial charge in [0.2, 0.25) is 0 Å². The number of aliphatic hydroxyl groups excluding tert-OH is 1. The van der Waals surface area contributed by atoms with Crippen molar-refractivity contribution in [3.63, 3.8) is 0 Å². The molecule has 0 aliphatic carbocycles. The summed E-state index contributed by atoms with van der Waals surface area (Å²) < 4.78 is 0. The van der Waals surface area contributed by atoms with Gasteiger partial charge in [0.15, 0.2) is 0 Å². The lowest BCUT2D eigenvalue weighted by atomic mass is 10.00. The second-order valence-electron chi connectivity index (χ2n) is 6.63. The first-order valence-corrected chi connectivity index (χ1v) is 8.55. The maximum Gasteiger partial charge on any atom is 0.110 e. The third kappa shape index (κ3) is 3.06. The van der Waals surface area contributed by atoms with Crippen molar-refractivity contribution < 1.29 is 5.11 Å². The molecule has 2 heterocycles. The summed E-state index contributed by atoms with van der Waals surface area (Å²) in [6.07, 6.45) is -0.618. The van der Waals surface area contributed by atoms with E-state index in [-0.39, 0.29) is 0 Å². The van der Waals surface area contributed by atoms with Crippen LogP contribution in [0.3, 0.4) is 0 Å². The minimum atomic E-state index is -0.618. The van der Waals surface area contributed by atoms with E-state index < -0.39 is 6.10 Å². The molecule has 0 saturated carbocycles. The smallest absolute Gasteiger partial charge is 0.110 e. The molecular formula is C21H21N3O. The Morgan fingerprint density at radius 3 is 1.92 bits per heavy atom. The van der Waals surface area contributed by atoms with Crippen LogP contribution >= 0.6 is 0 Å². The van der Waals surface area contributed by atoms with Gasteiger partial charge in [-0.05, 0) is 13.8 Å². The summed E-state index contributed by atoms with van der Waals surface area (Å²) in [5.74, 6) is 0. The van der Waals surface area contributed by atoms with Crippen LogP contribution in [0.5, 0.6) is 0 Å². The molecule has 0 radical (unpaired) electrons. The molecule has 4 nitrogen and oxygen atoms in total. The lowest BCUT2D eigenvalue weighted by Gasteiger charge is -2.23. The minimum Gasteiger partial charge on any atom is -0.385 e. The van der Waals surface area contributed by atoms with E-state index in [4.69, 9.17) is 9.97 Å². The molecule has 0 saturated heterocycles. The van der Waals surface area contributed by atoms with E-state index in [9.17, 15) is 5.11 Å². The van der Waals surface area contributed by atoms with Gasteiger partial charge in [-0.15, -0.1) is 0 Å². The number of fused-ring (bicyclic) bond motifs is 1. The average molecular weight is 331 g/mol. The Kier molecular flexibility index (Phi) is 4.07.